The molecule has 210 valence electrons. The van der Waals surface area contributed by atoms with Gasteiger partial charge in [-0.3, -0.25) is 4.79 Å². The van der Waals surface area contributed by atoms with Crippen LogP contribution >= 0.6 is 0 Å². The minimum Gasteiger partial charge on any atom is -0.493 e. The number of likely N-dealkylation sites (tertiary alicyclic amines) is 1. The summed E-state index contributed by atoms with van der Waals surface area (Å²) in [6.07, 6.45) is 2.63. The maximum absolute atomic E-state index is 13.3. The van der Waals surface area contributed by atoms with E-state index >= 15 is 0 Å². The van der Waals surface area contributed by atoms with E-state index in [1.165, 1.54) is 11.1 Å². The SMILES string of the molecule is Cc1cccc(OCCCC(=O)N2CCCc3c(-c4cccc(COC(=O)N5CC[C@H](O)C5)c4)cccc32)c1C. The third-order valence-electron chi connectivity index (χ3n) is 7.92. The molecule has 1 saturated heterocycles. The molecular weight excluding hydrogens is 504 g/mol. The fourth-order valence-electron chi connectivity index (χ4n) is 5.55. The highest BCUT2D eigenvalue weighted by Gasteiger charge is 2.26. The smallest absolute Gasteiger partial charge is 0.410 e. The summed E-state index contributed by atoms with van der Waals surface area (Å²) in [5.74, 6) is 1.00. The topological polar surface area (TPSA) is 79.3 Å². The van der Waals surface area contributed by atoms with Crippen LogP contribution in [-0.4, -0.2) is 54.4 Å². The predicted molar refractivity (Wildman–Crippen MR) is 156 cm³/mol. The maximum Gasteiger partial charge on any atom is 0.410 e. The molecule has 0 aliphatic carbocycles. The second-order valence-electron chi connectivity index (χ2n) is 10.7. The van der Waals surface area contributed by atoms with Crippen LogP contribution in [0.2, 0.25) is 0 Å². The summed E-state index contributed by atoms with van der Waals surface area (Å²) in [4.78, 5) is 29.1. The van der Waals surface area contributed by atoms with E-state index in [1.54, 1.807) is 4.90 Å². The lowest BCUT2D eigenvalue weighted by Crippen LogP contribution is -2.35. The molecule has 7 nitrogen and oxygen atoms in total. The molecule has 40 heavy (non-hydrogen) atoms. The molecule has 2 heterocycles. The van der Waals surface area contributed by atoms with Gasteiger partial charge in [-0.05, 0) is 91.1 Å². The number of aryl methyl sites for hydroxylation is 1. The van der Waals surface area contributed by atoms with E-state index in [9.17, 15) is 14.7 Å². The quantitative estimate of drug-likeness (QED) is 0.363. The average molecular weight is 543 g/mol. The van der Waals surface area contributed by atoms with Crippen molar-refractivity contribution in [2.45, 2.75) is 58.7 Å². The summed E-state index contributed by atoms with van der Waals surface area (Å²) in [6, 6.07) is 20.2. The zero-order chi connectivity index (χ0) is 28.1. The molecule has 2 amide bonds. The molecule has 0 radical (unpaired) electrons. The number of amides is 2. The van der Waals surface area contributed by atoms with E-state index in [1.807, 2.05) is 47.4 Å². The maximum atomic E-state index is 13.3. The average Bonchev–Trinajstić information content (AvgIpc) is 3.41. The van der Waals surface area contributed by atoms with E-state index in [2.05, 4.69) is 32.0 Å². The first kappa shape index (κ1) is 27.7. The first-order valence-electron chi connectivity index (χ1n) is 14.2. The normalized spacial score (nSPS) is 16.5. The molecule has 7 heteroatoms. The first-order valence-corrected chi connectivity index (χ1v) is 14.2. The molecule has 3 aromatic rings. The summed E-state index contributed by atoms with van der Waals surface area (Å²) in [5.41, 5.74) is 7.53. The predicted octanol–water partition coefficient (Wildman–Crippen LogP) is 5.81. The van der Waals surface area contributed by atoms with Gasteiger partial charge in [0.05, 0.1) is 12.7 Å². The molecule has 0 aromatic heterocycles. The van der Waals surface area contributed by atoms with Crippen molar-refractivity contribution in [2.75, 3.05) is 31.1 Å². The lowest BCUT2D eigenvalue weighted by atomic mass is 9.91. The largest absolute Gasteiger partial charge is 0.493 e. The first-order chi connectivity index (χ1) is 19.4. The van der Waals surface area contributed by atoms with E-state index in [-0.39, 0.29) is 12.5 Å². The van der Waals surface area contributed by atoms with Gasteiger partial charge in [0, 0.05) is 31.7 Å². The highest BCUT2D eigenvalue weighted by Crippen LogP contribution is 2.36. The number of benzene rings is 3. The van der Waals surface area contributed by atoms with E-state index in [0.29, 0.717) is 45.5 Å². The Balaban J connectivity index is 1.22. The number of fused-ring (bicyclic) bond motifs is 1. The summed E-state index contributed by atoms with van der Waals surface area (Å²) < 4.78 is 11.5. The number of hydrogen-bond donors (Lipinski definition) is 1. The number of carbonyl (C=O) groups excluding carboxylic acids is 2. The second kappa shape index (κ2) is 12.6. The molecule has 0 spiro atoms. The Morgan fingerprint density at radius 1 is 1.02 bits per heavy atom. The van der Waals surface area contributed by atoms with Crippen molar-refractivity contribution in [2.24, 2.45) is 0 Å². The number of anilines is 1. The lowest BCUT2D eigenvalue weighted by molar-refractivity contribution is -0.118. The lowest BCUT2D eigenvalue weighted by Gasteiger charge is -2.31. The van der Waals surface area contributed by atoms with Crippen molar-refractivity contribution in [1.82, 2.24) is 4.90 Å². The minimum atomic E-state index is -0.470. The molecule has 2 aliphatic rings. The number of ether oxygens (including phenoxy) is 2. The molecule has 3 aromatic carbocycles. The zero-order valence-electron chi connectivity index (χ0n) is 23.4. The molecule has 1 N–H and O–H groups in total. The molecule has 0 saturated carbocycles. The van der Waals surface area contributed by atoms with Gasteiger partial charge in [-0.1, -0.05) is 42.5 Å². The number of aliphatic hydroxyl groups is 1. The molecule has 1 fully saturated rings. The number of β-amino-alcohol motifs (C(OH)–C–C–N with tert-alkyl or cyclic N) is 1. The van der Waals surface area contributed by atoms with Crippen molar-refractivity contribution >= 4 is 17.7 Å². The molecule has 1 atom stereocenters. The van der Waals surface area contributed by atoms with Gasteiger partial charge in [0.2, 0.25) is 5.91 Å². The number of nitrogens with zero attached hydrogens (tertiary/aromatic N) is 2. The van der Waals surface area contributed by atoms with E-state index in [4.69, 9.17) is 9.47 Å². The molecule has 0 bridgehead atoms. The summed E-state index contributed by atoms with van der Waals surface area (Å²) >= 11 is 0. The Kier molecular flexibility index (Phi) is 8.70. The van der Waals surface area contributed by atoms with Crippen molar-refractivity contribution < 1.29 is 24.2 Å². The summed E-state index contributed by atoms with van der Waals surface area (Å²) in [7, 11) is 0. The van der Waals surface area contributed by atoms with Crippen LogP contribution in [0.3, 0.4) is 0 Å². The Hall–Kier alpha value is -3.84. The Morgan fingerprint density at radius 3 is 2.67 bits per heavy atom. The monoisotopic (exact) mass is 542 g/mol. The fraction of sp³-hybridized carbons (Fsp3) is 0.394. The minimum absolute atomic E-state index is 0.121. The molecule has 2 aliphatic heterocycles. The molecular formula is C33H38N2O5. The van der Waals surface area contributed by atoms with Crippen molar-refractivity contribution in [1.29, 1.82) is 0 Å². The van der Waals surface area contributed by atoms with Gasteiger partial charge in [0.15, 0.2) is 0 Å². The standard InChI is InChI=1S/C33H38N2O5/c1-23-8-3-14-31(24(23)2)39-19-7-15-32(37)35-17-6-12-29-28(11-5-13-30(29)35)26-10-4-9-25(20-26)22-40-33(38)34-18-16-27(36)21-34/h3-5,8-11,13-14,20,27,36H,6-7,12,15-19,21-22H2,1-2H3/t27-/m0/s1. The van der Waals surface area contributed by atoms with Crippen LogP contribution in [0.4, 0.5) is 10.5 Å². The highest BCUT2D eigenvalue weighted by atomic mass is 16.6. The van der Waals surface area contributed by atoms with Crippen molar-refractivity contribution in [3.05, 3.63) is 82.9 Å². The summed E-state index contributed by atoms with van der Waals surface area (Å²) in [5, 5.41) is 9.68. The number of carbonyl (C=O) groups is 2. The van der Waals surface area contributed by atoms with Crippen LogP contribution in [0, 0.1) is 13.8 Å². The Morgan fingerprint density at radius 2 is 1.85 bits per heavy atom. The number of aliphatic hydroxyl groups excluding tert-OH is 1. The summed E-state index contributed by atoms with van der Waals surface area (Å²) in [6.45, 7) is 6.36. The molecule has 5 rings (SSSR count). The van der Waals surface area contributed by atoms with Gasteiger partial charge in [-0.15, -0.1) is 0 Å². The Bertz CT molecular complexity index is 1370. The van der Waals surface area contributed by atoms with Crippen LogP contribution < -0.4 is 9.64 Å². The highest BCUT2D eigenvalue weighted by molar-refractivity contribution is 5.96. The number of rotatable bonds is 8. The van der Waals surface area contributed by atoms with Crippen LogP contribution in [0.15, 0.2) is 60.7 Å². The van der Waals surface area contributed by atoms with Gasteiger partial charge < -0.3 is 24.4 Å². The van der Waals surface area contributed by atoms with Crippen LogP contribution in [-0.2, 0) is 22.6 Å². The van der Waals surface area contributed by atoms with Crippen LogP contribution in [0.5, 0.6) is 5.75 Å². The number of hydrogen-bond acceptors (Lipinski definition) is 5. The molecule has 0 unspecified atom stereocenters. The van der Waals surface area contributed by atoms with E-state index < -0.39 is 12.2 Å². The third-order valence-corrected chi connectivity index (χ3v) is 7.92. The Labute approximate surface area is 236 Å². The van der Waals surface area contributed by atoms with Crippen LogP contribution in [0.25, 0.3) is 11.1 Å². The van der Waals surface area contributed by atoms with Crippen molar-refractivity contribution in [3.63, 3.8) is 0 Å². The van der Waals surface area contributed by atoms with E-state index in [0.717, 1.165) is 46.5 Å². The van der Waals surface area contributed by atoms with Crippen molar-refractivity contribution in [3.8, 4) is 16.9 Å². The van der Waals surface area contributed by atoms with Gasteiger partial charge in [0.1, 0.15) is 12.4 Å². The van der Waals surface area contributed by atoms with Gasteiger partial charge in [-0.2, -0.15) is 0 Å². The van der Waals surface area contributed by atoms with Gasteiger partial charge >= 0.3 is 6.09 Å². The second-order valence-corrected chi connectivity index (χ2v) is 10.7. The van der Waals surface area contributed by atoms with Gasteiger partial charge in [0.25, 0.3) is 0 Å². The third kappa shape index (κ3) is 6.31. The van der Waals surface area contributed by atoms with Crippen LogP contribution in [0.1, 0.15) is 47.9 Å². The fourth-order valence-corrected chi connectivity index (χ4v) is 5.55. The van der Waals surface area contributed by atoms with Gasteiger partial charge in [-0.25, -0.2) is 4.79 Å². The zero-order valence-corrected chi connectivity index (χ0v) is 23.4.